The van der Waals surface area contributed by atoms with Gasteiger partial charge < -0.3 is 4.98 Å². The summed E-state index contributed by atoms with van der Waals surface area (Å²) in [6, 6.07) is 26.1. The average molecular weight is 297 g/mol. The van der Waals surface area contributed by atoms with Gasteiger partial charge in [0.1, 0.15) is 5.82 Å². The number of hydrogen-bond donors (Lipinski definition) is 1. The fourth-order valence-corrected chi connectivity index (χ4v) is 2.55. The van der Waals surface area contributed by atoms with Crippen molar-refractivity contribution in [3.05, 3.63) is 84.4 Å². The number of fused-ring (bicyclic) bond motifs is 1. The zero-order chi connectivity index (χ0) is 15.5. The molecule has 4 aromatic rings. The molecule has 0 amide bonds. The maximum atomic E-state index is 4.67. The number of nitrogens with zero attached hydrogens (tertiary/aromatic N) is 2. The topological polar surface area (TPSA) is 41.0 Å². The fraction of sp³-hybridized carbons (Fsp3) is 0. The van der Waals surface area contributed by atoms with E-state index in [0.29, 0.717) is 0 Å². The minimum atomic E-state index is 0.840. The van der Waals surface area contributed by atoms with Gasteiger partial charge in [-0.25, -0.2) is 4.98 Å². The molecule has 0 radical (unpaired) electrons. The number of imidazole rings is 1. The lowest BCUT2D eigenvalue weighted by Gasteiger charge is -2.02. The van der Waals surface area contributed by atoms with E-state index >= 15 is 0 Å². The molecule has 1 heterocycles. The number of aromatic amines is 1. The van der Waals surface area contributed by atoms with E-state index in [1.165, 1.54) is 0 Å². The predicted octanol–water partition coefficient (Wildman–Crippen LogP) is 4.98. The van der Waals surface area contributed by atoms with E-state index in [-0.39, 0.29) is 0 Å². The van der Waals surface area contributed by atoms with Gasteiger partial charge in [0.05, 0.1) is 16.7 Å². The van der Waals surface area contributed by atoms with Crippen LogP contribution in [-0.4, -0.2) is 16.2 Å². The first kappa shape index (κ1) is 13.5. The number of hydrogen-bond acceptors (Lipinski definition) is 2. The van der Waals surface area contributed by atoms with Gasteiger partial charge in [0.2, 0.25) is 0 Å². The molecular formula is C20H15N3. The molecule has 0 aliphatic heterocycles. The number of para-hydroxylation sites is 3. The van der Waals surface area contributed by atoms with Crippen LogP contribution in [0.25, 0.3) is 22.4 Å². The van der Waals surface area contributed by atoms with Crippen molar-refractivity contribution >= 4 is 22.9 Å². The van der Waals surface area contributed by atoms with E-state index in [9.17, 15) is 0 Å². The molecule has 0 saturated carbocycles. The Kier molecular flexibility index (Phi) is 3.45. The number of benzene rings is 3. The highest BCUT2D eigenvalue weighted by Gasteiger charge is 2.08. The lowest BCUT2D eigenvalue weighted by Crippen LogP contribution is -1.83. The van der Waals surface area contributed by atoms with E-state index in [4.69, 9.17) is 0 Å². The third-order valence-electron chi connectivity index (χ3n) is 3.70. The van der Waals surface area contributed by atoms with Crippen LogP contribution in [0.3, 0.4) is 0 Å². The smallest absolute Gasteiger partial charge is 0.140 e. The van der Waals surface area contributed by atoms with Gasteiger partial charge in [0.15, 0.2) is 0 Å². The molecule has 0 spiro atoms. The second-order valence-corrected chi connectivity index (χ2v) is 5.29. The van der Waals surface area contributed by atoms with Crippen LogP contribution in [0, 0.1) is 0 Å². The van der Waals surface area contributed by atoms with Gasteiger partial charge in [0, 0.05) is 11.8 Å². The molecular weight excluding hydrogens is 282 g/mol. The van der Waals surface area contributed by atoms with Crippen LogP contribution in [0.4, 0.5) is 5.69 Å². The summed E-state index contributed by atoms with van der Waals surface area (Å²) in [5, 5.41) is 0. The first-order valence-electron chi connectivity index (χ1n) is 7.53. The Bertz CT molecular complexity index is 935. The summed E-state index contributed by atoms with van der Waals surface area (Å²) in [5.41, 5.74) is 4.96. The largest absolute Gasteiger partial charge is 0.338 e. The van der Waals surface area contributed by atoms with E-state index in [1.54, 1.807) is 0 Å². The second-order valence-electron chi connectivity index (χ2n) is 5.29. The van der Waals surface area contributed by atoms with Gasteiger partial charge in [-0.15, -0.1) is 0 Å². The van der Waals surface area contributed by atoms with Crippen LogP contribution in [0.5, 0.6) is 0 Å². The van der Waals surface area contributed by atoms with Crippen LogP contribution in [-0.2, 0) is 0 Å². The van der Waals surface area contributed by atoms with Crippen molar-refractivity contribution in [2.75, 3.05) is 0 Å². The summed E-state index contributed by atoms with van der Waals surface area (Å²) in [4.78, 5) is 12.7. The highest BCUT2D eigenvalue weighted by molar-refractivity contribution is 5.86. The molecule has 0 aliphatic rings. The molecule has 0 saturated heterocycles. The minimum absolute atomic E-state index is 0.840. The molecule has 3 heteroatoms. The van der Waals surface area contributed by atoms with Crippen LogP contribution in [0.15, 0.2) is 83.9 Å². The molecule has 3 nitrogen and oxygen atoms in total. The lowest BCUT2D eigenvalue weighted by molar-refractivity contribution is 1.33. The minimum Gasteiger partial charge on any atom is -0.338 e. The second kappa shape index (κ2) is 5.89. The molecule has 0 unspecified atom stereocenters. The normalized spacial score (nSPS) is 11.3. The summed E-state index contributed by atoms with van der Waals surface area (Å²) in [5.74, 6) is 0.840. The van der Waals surface area contributed by atoms with E-state index < -0.39 is 0 Å². The molecule has 110 valence electrons. The van der Waals surface area contributed by atoms with E-state index in [0.717, 1.165) is 33.7 Å². The van der Waals surface area contributed by atoms with Crippen LogP contribution in [0.2, 0.25) is 0 Å². The summed E-state index contributed by atoms with van der Waals surface area (Å²) in [6.45, 7) is 0. The monoisotopic (exact) mass is 297 g/mol. The Hall–Kier alpha value is -3.20. The molecule has 3 aromatic carbocycles. The zero-order valence-corrected chi connectivity index (χ0v) is 12.5. The van der Waals surface area contributed by atoms with Crippen molar-refractivity contribution in [1.82, 2.24) is 9.97 Å². The highest BCUT2D eigenvalue weighted by Crippen LogP contribution is 2.29. The Morgan fingerprint density at radius 1 is 0.783 bits per heavy atom. The molecule has 4 rings (SSSR count). The first-order chi connectivity index (χ1) is 11.4. The molecule has 1 N–H and O–H groups in total. The predicted molar refractivity (Wildman–Crippen MR) is 95.2 cm³/mol. The molecule has 0 fully saturated rings. The van der Waals surface area contributed by atoms with Crippen molar-refractivity contribution < 1.29 is 0 Å². The quantitative estimate of drug-likeness (QED) is 0.532. The SMILES string of the molecule is C(=Nc1ccccc1-c1nc2ccccc2[nH]1)c1ccccc1. The van der Waals surface area contributed by atoms with Crippen LogP contribution in [0.1, 0.15) is 5.56 Å². The third kappa shape index (κ3) is 2.77. The van der Waals surface area contributed by atoms with Crippen molar-refractivity contribution in [3.8, 4) is 11.4 Å². The van der Waals surface area contributed by atoms with Gasteiger partial charge in [0.25, 0.3) is 0 Å². The van der Waals surface area contributed by atoms with Gasteiger partial charge >= 0.3 is 0 Å². The highest BCUT2D eigenvalue weighted by atomic mass is 14.9. The molecule has 1 aromatic heterocycles. The first-order valence-corrected chi connectivity index (χ1v) is 7.53. The van der Waals surface area contributed by atoms with Crippen molar-refractivity contribution in [1.29, 1.82) is 0 Å². The number of H-pyrrole nitrogens is 1. The number of aliphatic imine (C=N–C) groups is 1. The van der Waals surface area contributed by atoms with Crippen molar-refractivity contribution in [2.45, 2.75) is 0 Å². The Morgan fingerprint density at radius 2 is 1.52 bits per heavy atom. The van der Waals surface area contributed by atoms with Gasteiger partial charge in [-0.1, -0.05) is 54.6 Å². The third-order valence-corrected chi connectivity index (χ3v) is 3.70. The van der Waals surface area contributed by atoms with E-state index in [2.05, 4.69) is 15.0 Å². The Balaban J connectivity index is 1.76. The Labute approximate surface area is 134 Å². The zero-order valence-electron chi connectivity index (χ0n) is 12.5. The van der Waals surface area contributed by atoms with Crippen LogP contribution >= 0.6 is 0 Å². The van der Waals surface area contributed by atoms with Gasteiger partial charge in [-0.05, 0) is 29.8 Å². The summed E-state index contributed by atoms with van der Waals surface area (Å²) < 4.78 is 0. The van der Waals surface area contributed by atoms with Gasteiger partial charge in [-0.2, -0.15) is 0 Å². The number of nitrogens with one attached hydrogen (secondary N) is 1. The molecule has 0 atom stereocenters. The van der Waals surface area contributed by atoms with Crippen LogP contribution < -0.4 is 0 Å². The average Bonchev–Trinajstić information content (AvgIpc) is 3.05. The lowest BCUT2D eigenvalue weighted by atomic mass is 10.1. The summed E-state index contributed by atoms with van der Waals surface area (Å²) in [6.07, 6.45) is 1.88. The maximum absolute atomic E-state index is 4.67. The number of rotatable bonds is 3. The van der Waals surface area contributed by atoms with Crippen molar-refractivity contribution in [3.63, 3.8) is 0 Å². The summed E-state index contributed by atoms with van der Waals surface area (Å²) >= 11 is 0. The van der Waals surface area contributed by atoms with Crippen molar-refractivity contribution in [2.24, 2.45) is 4.99 Å². The van der Waals surface area contributed by atoms with E-state index in [1.807, 2.05) is 85.1 Å². The fourth-order valence-electron chi connectivity index (χ4n) is 2.55. The van der Waals surface area contributed by atoms with Gasteiger partial charge in [-0.3, -0.25) is 4.99 Å². The summed E-state index contributed by atoms with van der Waals surface area (Å²) in [7, 11) is 0. The maximum Gasteiger partial charge on any atom is 0.140 e. The molecule has 0 bridgehead atoms. The molecule has 23 heavy (non-hydrogen) atoms. The standard InChI is InChI=1S/C20H15N3/c1-2-8-15(9-3-1)14-21-17-11-5-4-10-16(17)20-22-18-12-6-7-13-19(18)23-20/h1-14H,(H,22,23). The number of aromatic nitrogens is 2. The molecule has 0 aliphatic carbocycles. The Morgan fingerprint density at radius 3 is 2.39 bits per heavy atom.